The van der Waals surface area contributed by atoms with Crippen molar-refractivity contribution in [3.63, 3.8) is 0 Å². The van der Waals surface area contributed by atoms with Crippen molar-refractivity contribution in [2.45, 2.75) is 30.4 Å². The minimum Gasteiger partial charge on any atom is -0.508 e. The molecule has 0 saturated carbocycles. The lowest BCUT2D eigenvalue weighted by Gasteiger charge is -2.25. The zero-order chi connectivity index (χ0) is 22.2. The van der Waals surface area contributed by atoms with E-state index in [-0.39, 0.29) is 11.9 Å². The Hall–Kier alpha value is -3.46. The van der Waals surface area contributed by atoms with E-state index in [9.17, 15) is 9.90 Å². The van der Waals surface area contributed by atoms with E-state index in [1.54, 1.807) is 0 Å². The molecule has 8 nitrogen and oxygen atoms in total. The van der Waals surface area contributed by atoms with E-state index in [4.69, 9.17) is 13.9 Å². The second-order valence-corrected chi connectivity index (χ2v) is 8.42. The van der Waals surface area contributed by atoms with Gasteiger partial charge in [0.2, 0.25) is 0 Å². The second-order valence-electron chi connectivity index (χ2n) is 7.47. The van der Waals surface area contributed by atoms with Crippen LogP contribution in [0.2, 0.25) is 0 Å². The summed E-state index contributed by atoms with van der Waals surface area (Å²) in [5.41, 5.74) is 1.52. The first-order valence-corrected chi connectivity index (χ1v) is 11.2. The number of thioether (sulfide) groups is 1. The summed E-state index contributed by atoms with van der Waals surface area (Å²) < 4.78 is 19.0. The standard InChI is InChI=1S/C23H21N3O5S/c1-3-13-8-15-14(9-21(28)31-19(15)10-16(13)27)12-32-23-25-24-22(26(23)2)20-11-29-17-6-4-5-7-18(17)30-20/h4-10,20,27H,3,11-12H2,1-2H3/t20-/m1/s1. The van der Waals surface area contributed by atoms with Gasteiger partial charge in [-0.25, -0.2) is 4.79 Å². The highest BCUT2D eigenvalue weighted by Crippen LogP contribution is 2.36. The van der Waals surface area contributed by atoms with Gasteiger partial charge in [0.15, 0.2) is 28.6 Å². The average molecular weight is 452 g/mol. The maximum absolute atomic E-state index is 12.0. The van der Waals surface area contributed by atoms with Gasteiger partial charge >= 0.3 is 5.63 Å². The molecule has 9 heteroatoms. The number of para-hydroxylation sites is 2. The summed E-state index contributed by atoms with van der Waals surface area (Å²) in [5.74, 6) is 2.68. The summed E-state index contributed by atoms with van der Waals surface area (Å²) in [6, 6.07) is 12.4. The molecule has 1 aliphatic rings. The first-order chi connectivity index (χ1) is 15.5. The Morgan fingerprint density at radius 3 is 2.78 bits per heavy atom. The van der Waals surface area contributed by atoms with Gasteiger partial charge in [-0.3, -0.25) is 0 Å². The van der Waals surface area contributed by atoms with Gasteiger partial charge in [-0.15, -0.1) is 10.2 Å². The molecule has 0 amide bonds. The summed E-state index contributed by atoms with van der Waals surface area (Å²) in [6.07, 6.45) is 0.309. The lowest BCUT2D eigenvalue weighted by Crippen LogP contribution is -2.24. The number of aromatic nitrogens is 3. The quantitative estimate of drug-likeness (QED) is 0.359. The van der Waals surface area contributed by atoms with Crippen LogP contribution in [0, 0.1) is 0 Å². The zero-order valence-corrected chi connectivity index (χ0v) is 18.4. The molecule has 3 heterocycles. The summed E-state index contributed by atoms with van der Waals surface area (Å²) >= 11 is 1.46. The second kappa shape index (κ2) is 8.23. The maximum Gasteiger partial charge on any atom is 0.336 e. The smallest absolute Gasteiger partial charge is 0.336 e. The number of fused-ring (bicyclic) bond motifs is 2. The molecule has 0 fully saturated rings. The van der Waals surface area contributed by atoms with Crippen molar-refractivity contribution in [2.24, 2.45) is 7.05 Å². The lowest BCUT2D eigenvalue weighted by atomic mass is 10.1. The average Bonchev–Trinajstić information content (AvgIpc) is 3.16. The topological polar surface area (TPSA) is 99.6 Å². The molecule has 0 bridgehead atoms. The van der Waals surface area contributed by atoms with Crippen LogP contribution in [0.5, 0.6) is 17.2 Å². The molecule has 2 aromatic carbocycles. The van der Waals surface area contributed by atoms with E-state index < -0.39 is 5.63 Å². The van der Waals surface area contributed by atoms with Crippen molar-refractivity contribution in [1.29, 1.82) is 0 Å². The predicted octanol–water partition coefficient (Wildman–Crippen LogP) is 3.99. The number of hydrogen-bond donors (Lipinski definition) is 1. The predicted molar refractivity (Wildman–Crippen MR) is 119 cm³/mol. The van der Waals surface area contributed by atoms with Gasteiger partial charge in [0.1, 0.15) is 17.9 Å². The third kappa shape index (κ3) is 3.69. The van der Waals surface area contributed by atoms with Crippen LogP contribution in [-0.4, -0.2) is 26.5 Å². The monoisotopic (exact) mass is 451 g/mol. The van der Waals surface area contributed by atoms with Crippen molar-refractivity contribution in [3.8, 4) is 17.2 Å². The number of aryl methyl sites for hydroxylation is 1. The molecule has 32 heavy (non-hydrogen) atoms. The Morgan fingerprint density at radius 2 is 1.97 bits per heavy atom. The van der Waals surface area contributed by atoms with Crippen molar-refractivity contribution in [2.75, 3.05) is 6.61 Å². The van der Waals surface area contributed by atoms with Crippen LogP contribution in [-0.2, 0) is 19.2 Å². The molecule has 0 spiro atoms. The molecule has 0 radical (unpaired) electrons. The van der Waals surface area contributed by atoms with E-state index >= 15 is 0 Å². The van der Waals surface area contributed by atoms with Crippen molar-refractivity contribution in [3.05, 3.63) is 69.8 Å². The van der Waals surface area contributed by atoms with Crippen LogP contribution in [0.25, 0.3) is 11.0 Å². The van der Waals surface area contributed by atoms with E-state index in [1.807, 2.05) is 48.9 Å². The van der Waals surface area contributed by atoms with Crippen molar-refractivity contribution >= 4 is 22.7 Å². The van der Waals surface area contributed by atoms with Crippen LogP contribution < -0.4 is 15.1 Å². The maximum atomic E-state index is 12.0. The fourth-order valence-corrected chi connectivity index (χ4v) is 4.64. The number of rotatable bonds is 5. The molecule has 1 atom stereocenters. The molecule has 4 aromatic rings. The zero-order valence-electron chi connectivity index (χ0n) is 17.6. The number of aromatic hydroxyl groups is 1. The fraction of sp³-hybridized carbons (Fsp3) is 0.261. The van der Waals surface area contributed by atoms with Gasteiger partial charge in [-0.2, -0.15) is 0 Å². The molecule has 0 saturated heterocycles. The van der Waals surface area contributed by atoms with Gasteiger partial charge in [-0.1, -0.05) is 30.8 Å². The number of phenolic OH excluding ortho intramolecular Hbond substituents is 1. The molecular formula is C23H21N3O5S. The SMILES string of the molecule is CCc1cc2c(CSc3nnc([C@H]4COc5ccccc5O4)n3C)cc(=O)oc2cc1O. The molecule has 1 aliphatic heterocycles. The number of nitrogens with zero attached hydrogens (tertiary/aromatic N) is 3. The molecule has 2 aromatic heterocycles. The first kappa shape index (κ1) is 20.4. The molecule has 164 valence electrons. The van der Waals surface area contributed by atoms with Gasteiger partial charge in [-0.05, 0) is 35.7 Å². The third-order valence-electron chi connectivity index (χ3n) is 5.43. The number of phenols is 1. The molecule has 0 unspecified atom stereocenters. The van der Waals surface area contributed by atoms with Gasteiger partial charge in [0.05, 0.1) is 0 Å². The Morgan fingerprint density at radius 1 is 1.16 bits per heavy atom. The minimum atomic E-state index is -0.457. The molecule has 5 rings (SSSR count). The normalized spacial score (nSPS) is 15.2. The molecule has 0 aliphatic carbocycles. The highest BCUT2D eigenvalue weighted by atomic mass is 32.2. The molecular weight excluding hydrogens is 430 g/mol. The van der Waals surface area contributed by atoms with Gasteiger partial charge in [0.25, 0.3) is 0 Å². The van der Waals surface area contributed by atoms with Crippen LogP contribution in [0.1, 0.15) is 30.0 Å². The number of hydrogen-bond acceptors (Lipinski definition) is 8. The van der Waals surface area contributed by atoms with E-state index in [1.165, 1.54) is 23.9 Å². The Balaban J connectivity index is 1.39. The highest BCUT2D eigenvalue weighted by Gasteiger charge is 2.27. The van der Waals surface area contributed by atoms with Crippen molar-refractivity contribution in [1.82, 2.24) is 14.8 Å². The van der Waals surface area contributed by atoms with Gasteiger partial charge < -0.3 is 23.6 Å². The van der Waals surface area contributed by atoms with Crippen LogP contribution in [0.4, 0.5) is 0 Å². The Bertz CT molecular complexity index is 1360. The summed E-state index contributed by atoms with van der Waals surface area (Å²) in [4.78, 5) is 12.0. The minimum absolute atomic E-state index is 0.127. The molecule has 1 N–H and O–H groups in total. The summed E-state index contributed by atoms with van der Waals surface area (Å²) in [6.45, 7) is 2.31. The summed E-state index contributed by atoms with van der Waals surface area (Å²) in [7, 11) is 1.88. The number of benzene rings is 2. The third-order valence-corrected chi connectivity index (χ3v) is 6.50. The van der Waals surface area contributed by atoms with Crippen LogP contribution in [0.15, 0.2) is 56.8 Å². The first-order valence-electron chi connectivity index (χ1n) is 10.2. The van der Waals surface area contributed by atoms with E-state index in [2.05, 4.69) is 10.2 Å². The van der Waals surface area contributed by atoms with E-state index in [0.29, 0.717) is 46.8 Å². The lowest BCUT2D eigenvalue weighted by molar-refractivity contribution is 0.0825. The van der Waals surface area contributed by atoms with E-state index in [0.717, 1.165) is 16.5 Å². The largest absolute Gasteiger partial charge is 0.508 e. The fourth-order valence-electron chi connectivity index (χ4n) is 3.73. The van der Waals surface area contributed by atoms with Gasteiger partial charge in [0, 0.05) is 30.3 Å². The summed E-state index contributed by atoms with van der Waals surface area (Å²) in [5, 5.41) is 20.2. The van der Waals surface area contributed by atoms with Crippen LogP contribution >= 0.6 is 11.8 Å². The Kier molecular flexibility index (Phi) is 5.26. The van der Waals surface area contributed by atoms with Crippen LogP contribution in [0.3, 0.4) is 0 Å². The van der Waals surface area contributed by atoms with Crippen molar-refractivity contribution < 1.29 is 19.0 Å². The highest BCUT2D eigenvalue weighted by molar-refractivity contribution is 7.98. The Labute approximate surface area is 187 Å². The number of ether oxygens (including phenoxy) is 2.